The summed E-state index contributed by atoms with van der Waals surface area (Å²) in [4.78, 5) is 16.3. The Kier molecular flexibility index (Phi) is 5.26. The summed E-state index contributed by atoms with van der Waals surface area (Å²) in [5, 5.41) is 11.5. The van der Waals surface area contributed by atoms with Crippen LogP contribution in [0.1, 0.15) is 12.5 Å². The Morgan fingerprint density at radius 3 is 2.60 bits per heavy atom. The van der Waals surface area contributed by atoms with Crippen LogP contribution >= 0.6 is 11.6 Å². The molecular weight excluding hydrogens is 408 g/mol. The molecular formula is C21H21ClN4O4. The SMILES string of the molecule is CN(Cc1ccc(OC[C@@]2(C)Cn3cc([N+](=O)[O-])nc3O2)cc1)c1ccc(Cl)cc1. The molecule has 9 heteroatoms. The minimum atomic E-state index is -0.634. The summed E-state index contributed by atoms with van der Waals surface area (Å²) in [5.41, 5.74) is 1.60. The number of anilines is 1. The number of rotatable bonds is 7. The van der Waals surface area contributed by atoms with Gasteiger partial charge in [0.15, 0.2) is 5.60 Å². The highest BCUT2D eigenvalue weighted by atomic mass is 35.5. The lowest BCUT2D eigenvalue weighted by Crippen LogP contribution is -2.38. The van der Waals surface area contributed by atoms with Crippen molar-refractivity contribution in [2.45, 2.75) is 25.6 Å². The Labute approximate surface area is 178 Å². The quantitative estimate of drug-likeness (QED) is 0.412. The largest absolute Gasteiger partial charge is 0.489 e. The lowest BCUT2D eigenvalue weighted by atomic mass is 10.1. The van der Waals surface area contributed by atoms with E-state index in [0.717, 1.165) is 28.6 Å². The van der Waals surface area contributed by atoms with Crippen molar-refractivity contribution in [2.24, 2.45) is 0 Å². The molecule has 3 aromatic rings. The van der Waals surface area contributed by atoms with Crippen LogP contribution in [0.4, 0.5) is 11.5 Å². The van der Waals surface area contributed by atoms with E-state index in [1.165, 1.54) is 6.20 Å². The molecule has 1 atom stereocenters. The van der Waals surface area contributed by atoms with Crippen molar-refractivity contribution in [1.29, 1.82) is 0 Å². The highest BCUT2D eigenvalue weighted by Crippen LogP contribution is 2.31. The molecule has 30 heavy (non-hydrogen) atoms. The summed E-state index contributed by atoms with van der Waals surface area (Å²) in [6.45, 7) is 3.38. The van der Waals surface area contributed by atoms with Crippen LogP contribution in [0.5, 0.6) is 11.8 Å². The molecule has 1 aliphatic heterocycles. The van der Waals surface area contributed by atoms with Gasteiger partial charge in [0.1, 0.15) is 18.6 Å². The number of aromatic nitrogens is 2. The van der Waals surface area contributed by atoms with Crippen LogP contribution in [0.25, 0.3) is 0 Å². The smallest absolute Gasteiger partial charge is 0.415 e. The van der Waals surface area contributed by atoms with Crippen molar-refractivity contribution in [1.82, 2.24) is 9.55 Å². The first-order chi connectivity index (χ1) is 14.3. The molecule has 0 bridgehead atoms. The van der Waals surface area contributed by atoms with Crippen LogP contribution in [-0.2, 0) is 13.1 Å². The van der Waals surface area contributed by atoms with Crippen LogP contribution in [-0.4, -0.2) is 33.7 Å². The molecule has 0 unspecified atom stereocenters. The summed E-state index contributed by atoms with van der Waals surface area (Å²) in [7, 11) is 2.03. The maximum Gasteiger partial charge on any atom is 0.415 e. The third kappa shape index (κ3) is 4.33. The molecule has 156 valence electrons. The van der Waals surface area contributed by atoms with E-state index in [4.69, 9.17) is 21.1 Å². The third-order valence-electron chi connectivity index (χ3n) is 4.91. The summed E-state index contributed by atoms with van der Waals surface area (Å²) >= 11 is 5.95. The molecule has 0 N–H and O–H groups in total. The van der Waals surface area contributed by atoms with Gasteiger partial charge in [0.25, 0.3) is 0 Å². The first-order valence-electron chi connectivity index (χ1n) is 9.40. The molecule has 2 aromatic carbocycles. The first kappa shape index (κ1) is 20.0. The van der Waals surface area contributed by atoms with Crippen LogP contribution in [0, 0.1) is 10.1 Å². The second-order valence-corrected chi connectivity index (χ2v) is 8.02. The Morgan fingerprint density at radius 2 is 1.97 bits per heavy atom. The monoisotopic (exact) mass is 428 g/mol. The van der Waals surface area contributed by atoms with Crippen LogP contribution in [0.2, 0.25) is 5.02 Å². The lowest BCUT2D eigenvalue weighted by molar-refractivity contribution is -0.389. The average Bonchev–Trinajstić information content (AvgIpc) is 3.23. The fourth-order valence-electron chi connectivity index (χ4n) is 3.34. The minimum Gasteiger partial charge on any atom is -0.489 e. The van der Waals surface area contributed by atoms with Gasteiger partial charge >= 0.3 is 11.8 Å². The molecule has 1 aromatic heterocycles. The molecule has 0 saturated heterocycles. The number of benzene rings is 2. The fraction of sp³-hybridized carbons (Fsp3) is 0.286. The van der Waals surface area contributed by atoms with Gasteiger partial charge in [-0.1, -0.05) is 23.7 Å². The van der Waals surface area contributed by atoms with Crippen molar-refractivity contribution in [3.05, 3.63) is 75.4 Å². The molecule has 8 nitrogen and oxygen atoms in total. The van der Waals surface area contributed by atoms with Gasteiger partial charge in [-0.3, -0.25) is 4.57 Å². The molecule has 2 heterocycles. The molecule has 0 spiro atoms. The Balaban J connectivity index is 1.32. The molecule has 0 aliphatic carbocycles. The van der Waals surface area contributed by atoms with Gasteiger partial charge in [0.05, 0.1) is 6.54 Å². The van der Waals surface area contributed by atoms with Crippen molar-refractivity contribution in [3.8, 4) is 11.8 Å². The highest BCUT2D eigenvalue weighted by Gasteiger charge is 2.41. The van der Waals surface area contributed by atoms with E-state index in [9.17, 15) is 10.1 Å². The average molecular weight is 429 g/mol. The predicted octanol–water partition coefficient (Wildman–Crippen LogP) is 4.31. The van der Waals surface area contributed by atoms with Gasteiger partial charge in [-0.05, 0) is 53.8 Å². The maximum absolute atomic E-state index is 10.8. The summed E-state index contributed by atoms with van der Waals surface area (Å²) in [5.74, 6) is 0.514. The van der Waals surface area contributed by atoms with E-state index in [1.807, 2.05) is 62.5 Å². The number of imidazole rings is 1. The van der Waals surface area contributed by atoms with E-state index in [1.54, 1.807) is 4.57 Å². The predicted molar refractivity (Wildman–Crippen MR) is 113 cm³/mol. The number of hydrogen-bond donors (Lipinski definition) is 0. The third-order valence-corrected chi connectivity index (χ3v) is 5.16. The number of hydrogen-bond acceptors (Lipinski definition) is 6. The van der Waals surface area contributed by atoms with Crippen molar-refractivity contribution in [2.75, 3.05) is 18.6 Å². The maximum atomic E-state index is 10.8. The second-order valence-electron chi connectivity index (χ2n) is 7.58. The Hall–Kier alpha value is -3.26. The van der Waals surface area contributed by atoms with Gasteiger partial charge < -0.3 is 24.5 Å². The number of nitro groups is 1. The van der Waals surface area contributed by atoms with Crippen LogP contribution < -0.4 is 14.4 Å². The molecule has 0 radical (unpaired) electrons. The van der Waals surface area contributed by atoms with E-state index in [-0.39, 0.29) is 11.8 Å². The van der Waals surface area contributed by atoms with Gasteiger partial charge in [-0.2, -0.15) is 0 Å². The minimum absolute atomic E-state index is 0.216. The Bertz CT molecular complexity index is 1030. The van der Waals surface area contributed by atoms with E-state index in [2.05, 4.69) is 9.88 Å². The zero-order chi connectivity index (χ0) is 21.3. The molecule has 0 saturated carbocycles. The molecule has 4 rings (SSSR count). The number of fused-ring (bicyclic) bond motifs is 1. The topological polar surface area (TPSA) is 82.7 Å². The van der Waals surface area contributed by atoms with Gasteiger partial charge in [0, 0.05) is 29.3 Å². The van der Waals surface area contributed by atoms with Gasteiger partial charge in [-0.25, -0.2) is 0 Å². The summed E-state index contributed by atoms with van der Waals surface area (Å²) in [6, 6.07) is 15.9. The van der Waals surface area contributed by atoms with E-state index in [0.29, 0.717) is 13.2 Å². The normalized spacial score (nSPS) is 17.3. The van der Waals surface area contributed by atoms with Crippen molar-refractivity contribution < 1.29 is 14.4 Å². The standard InChI is InChI=1S/C21H21ClN4O4/c1-21(13-25-12-19(26(27)28)23-20(25)30-21)14-29-18-9-3-15(4-10-18)11-24(2)17-7-5-16(22)6-8-17/h3-10,12H,11,13-14H2,1-2H3/t21-/m1/s1. The molecule has 0 amide bonds. The number of ether oxygens (including phenoxy) is 2. The van der Waals surface area contributed by atoms with Crippen LogP contribution in [0.15, 0.2) is 54.7 Å². The number of nitrogens with zero attached hydrogens (tertiary/aromatic N) is 4. The molecule has 1 aliphatic rings. The van der Waals surface area contributed by atoms with Crippen LogP contribution in [0.3, 0.4) is 0 Å². The van der Waals surface area contributed by atoms with Gasteiger partial charge in [0.2, 0.25) is 0 Å². The fourth-order valence-corrected chi connectivity index (χ4v) is 3.47. The second kappa shape index (κ2) is 7.87. The summed E-state index contributed by atoms with van der Waals surface area (Å²) < 4.78 is 13.3. The molecule has 0 fully saturated rings. The highest BCUT2D eigenvalue weighted by molar-refractivity contribution is 6.30. The first-order valence-corrected chi connectivity index (χ1v) is 9.78. The summed E-state index contributed by atoms with van der Waals surface area (Å²) in [6.07, 6.45) is 1.38. The zero-order valence-electron chi connectivity index (χ0n) is 16.6. The lowest BCUT2D eigenvalue weighted by Gasteiger charge is -2.22. The van der Waals surface area contributed by atoms with E-state index < -0.39 is 10.5 Å². The van der Waals surface area contributed by atoms with Crippen molar-refractivity contribution in [3.63, 3.8) is 0 Å². The van der Waals surface area contributed by atoms with Gasteiger partial charge in [-0.15, -0.1) is 0 Å². The Morgan fingerprint density at radius 1 is 1.27 bits per heavy atom. The van der Waals surface area contributed by atoms with E-state index >= 15 is 0 Å². The number of halogens is 1. The van der Waals surface area contributed by atoms with Crippen molar-refractivity contribution >= 4 is 23.1 Å². The zero-order valence-corrected chi connectivity index (χ0v) is 17.4.